The van der Waals surface area contributed by atoms with E-state index < -0.39 is 0 Å². The van der Waals surface area contributed by atoms with Gasteiger partial charge in [0.25, 0.3) is 0 Å². The number of hydrogen-bond acceptors (Lipinski definition) is 5. The van der Waals surface area contributed by atoms with E-state index in [2.05, 4.69) is 10.1 Å². The van der Waals surface area contributed by atoms with E-state index in [4.69, 9.17) is 9.51 Å². The molecule has 0 spiro atoms. The van der Waals surface area contributed by atoms with Gasteiger partial charge < -0.3 is 9.42 Å². The Balaban J connectivity index is 1.58. The van der Waals surface area contributed by atoms with Crippen molar-refractivity contribution in [2.75, 3.05) is 6.54 Å². The van der Waals surface area contributed by atoms with Crippen LogP contribution in [0.5, 0.6) is 0 Å². The number of rotatable bonds is 4. The van der Waals surface area contributed by atoms with Gasteiger partial charge in [0.05, 0.1) is 23.0 Å². The van der Waals surface area contributed by atoms with Crippen molar-refractivity contribution in [3.63, 3.8) is 0 Å². The molecule has 1 saturated heterocycles. The number of amides is 1. The fourth-order valence-electron chi connectivity index (χ4n) is 3.65. The van der Waals surface area contributed by atoms with Crippen LogP contribution in [0, 0.1) is 13.8 Å². The average molecular weight is 374 g/mol. The standard InChI is InChI=1S/C22H22N4O2/c1-15-21(16(2)28-25-15)22-23-13-12-18(24-22)19-9-6-14-26(19)20(27)11-10-17-7-4-3-5-8-17/h3-5,7-8,10-13,19H,6,9,14H2,1-2H3/b11-10+/t19-/m0/s1. The Morgan fingerprint density at radius 1 is 1.21 bits per heavy atom. The van der Waals surface area contributed by atoms with Gasteiger partial charge in [-0.1, -0.05) is 35.5 Å². The van der Waals surface area contributed by atoms with E-state index in [9.17, 15) is 4.79 Å². The van der Waals surface area contributed by atoms with E-state index in [0.29, 0.717) is 11.6 Å². The smallest absolute Gasteiger partial charge is 0.247 e. The van der Waals surface area contributed by atoms with E-state index in [1.54, 1.807) is 12.3 Å². The van der Waals surface area contributed by atoms with Gasteiger partial charge in [-0.05, 0) is 44.4 Å². The van der Waals surface area contributed by atoms with E-state index >= 15 is 0 Å². The number of benzene rings is 1. The Bertz CT molecular complexity index is 991. The lowest BCUT2D eigenvalue weighted by Crippen LogP contribution is -2.29. The third-order valence-corrected chi connectivity index (χ3v) is 5.03. The van der Waals surface area contributed by atoms with Crippen LogP contribution in [-0.4, -0.2) is 32.5 Å². The molecule has 3 aromatic rings. The fourth-order valence-corrected chi connectivity index (χ4v) is 3.65. The number of carbonyl (C=O) groups excluding carboxylic acids is 1. The zero-order chi connectivity index (χ0) is 19.5. The van der Waals surface area contributed by atoms with Crippen LogP contribution in [0.4, 0.5) is 0 Å². The highest BCUT2D eigenvalue weighted by Crippen LogP contribution is 2.32. The summed E-state index contributed by atoms with van der Waals surface area (Å²) in [5, 5.41) is 3.99. The summed E-state index contributed by atoms with van der Waals surface area (Å²) < 4.78 is 5.24. The monoisotopic (exact) mass is 374 g/mol. The van der Waals surface area contributed by atoms with E-state index in [0.717, 1.165) is 41.9 Å². The van der Waals surface area contributed by atoms with Crippen molar-refractivity contribution in [2.24, 2.45) is 0 Å². The Morgan fingerprint density at radius 2 is 2.04 bits per heavy atom. The molecule has 6 nitrogen and oxygen atoms in total. The minimum absolute atomic E-state index is 0.00357. The number of nitrogens with zero attached hydrogens (tertiary/aromatic N) is 4. The van der Waals surface area contributed by atoms with Gasteiger partial charge in [0.1, 0.15) is 5.76 Å². The third kappa shape index (κ3) is 3.58. The van der Waals surface area contributed by atoms with E-state index in [-0.39, 0.29) is 11.9 Å². The van der Waals surface area contributed by atoms with Crippen molar-refractivity contribution in [3.05, 3.63) is 71.4 Å². The first-order valence-electron chi connectivity index (χ1n) is 9.43. The summed E-state index contributed by atoms with van der Waals surface area (Å²) in [7, 11) is 0. The van der Waals surface area contributed by atoms with E-state index in [1.165, 1.54) is 0 Å². The number of aryl methyl sites for hydroxylation is 2. The highest BCUT2D eigenvalue weighted by Gasteiger charge is 2.30. The zero-order valence-electron chi connectivity index (χ0n) is 16.0. The van der Waals surface area contributed by atoms with Crippen LogP contribution in [0.15, 0.2) is 53.2 Å². The van der Waals surface area contributed by atoms with Gasteiger partial charge in [-0.25, -0.2) is 9.97 Å². The second-order valence-electron chi connectivity index (χ2n) is 6.94. The molecule has 0 radical (unpaired) electrons. The van der Waals surface area contributed by atoms with Crippen LogP contribution in [0.1, 0.15) is 41.6 Å². The number of hydrogen-bond donors (Lipinski definition) is 0. The van der Waals surface area contributed by atoms with Crippen molar-refractivity contribution >= 4 is 12.0 Å². The predicted molar refractivity (Wildman–Crippen MR) is 106 cm³/mol. The first kappa shape index (κ1) is 18.1. The predicted octanol–water partition coefficient (Wildman–Crippen LogP) is 4.13. The lowest BCUT2D eigenvalue weighted by molar-refractivity contribution is -0.126. The maximum atomic E-state index is 12.8. The van der Waals surface area contributed by atoms with Gasteiger partial charge in [0, 0.05) is 18.8 Å². The summed E-state index contributed by atoms with van der Waals surface area (Å²) in [6.45, 7) is 4.46. The SMILES string of the molecule is Cc1noc(C)c1-c1nccc([C@@H]2CCCN2C(=O)/C=C/c2ccccc2)n1. The van der Waals surface area contributed by atoms with Crippen molar-refractivity contribution in [1.82, 2.24) is 20.0 Å². The molecule has 0 unspecified atom stereocenters. The van der Waals surface area contributed by atoms with Gasteiger partial charge in [-0.3, -0.25) is 4.79 Å². The Labute approximate surface area is 163 Å². The summed E-state index contributed by atoms with van der Waals surface area (Å²) in [5.41, 5.74) is 3.44. The summed E-state index contributed by atoms with van der Waals surface area (Å²) in [6.07, 6.45) is 7.09. The zero-order valence-corrected chi connectivity index (χ0v) is 16.0. The molecule has 1 amide bonds. The second-order valence-corrected chi connectivity index (χ2v) is 6.94. The molecule has 1 atom stereocenters. The molecule has 1 fully saturated rings. The van der Waals surface area contributed by atoms with Crippen molar-refractivity contribution in [3.8, 4) is 11.4 Å². The molecule has 142 valence electrons. The topological polar surface area (TPSA) is 72.1 Å². The molecule has 3 heterocycles. The Kier molecular flexibility index (Phi) is 5.02. The van der Waals surface area contributed by atoms with Crippen LogP contribution in [0.2, 0.25) is 0 Å². The lowest BCUT2D eigenvalue weighted by atomic mass is 10.1. The fraction of sp³-hybridized carbons (Fsp3) is 0.273. The molecule has 1 aliphatic rings. The Hall–Kier alpha value is -3.28. The molecular formula is C22H22N4O2. The summed E-state index contributed by atoms with van der Waals surface area (Å²) >= 11 is 0. The molecule has 0 saturated carbocycles. The summed E-state index contributed by atoms with van der Waals surface area (Å²) in [6, 6.07) is 11.7. The molecule has 1 aromatic carbocycles. The molecule has 28 heavy (non-hydrogen) atoms. The summed E-state index contributed by atoms with van der Waals surface area (Å²) in [5.74, 6) is 1.29. The van der Waals surface area contributed by atoms with Crippen molar-refractivity contribution in [1.29, 1.82) is 0 Å². The first-order valence-corrected chi connectivity index (χ1v) is 9.43. The third-order valence-electron chi connectivity index (χ3n) is 5.03. The van der Waals surface area contributed by atoms with Gasteiger partial charge in [0.15, 0.2) is 5.82 Å². The molecule has 1 aliphatic heterocycles. The van der Waals surface area contributed by atoms with E-state index in [1.807, 2.05) is 61.2 Å². The number of carbonyl (C=O) groups is 1. The average Bonchev–Trinajstić information content (AvgIpc) is 3.34. The van der Waals surface area contributed by atoms with Crippen molar-refractivity contribution < 1.29 is 9.32 Å². The molecule has 0 aliphatic carbocycles. The van der Waals surface area contributed by atoms with Gasteiger partial charge in [-0.15, -0.1) is 0 Å². The molecule has 0 bridgehead atoms. The van der Waals surface area contributed by atoms with Crippen LogP contribution in [0.3, 0.4) is 0 Å². The lowest BCUT2D eigenvalue weighted by Gasteiger charge is -2.23. The number of likely N-dealkylation sites (tertiary alicyclic amines) is 1. The highest BCUT2D eigenvalue weighted by molar-refractivity contribution is 5.92. The quantitative estimate of drug-likeness (QED) is 0.642. The second kappa shape index (κ2) is 7.76. The summed E-state index contributed by atoms with van der Waals surface area (Å²) in [4.78, 5) is 23.8. The highest BCUT2D eigenvalue weighted by atomic mass is 16.5. The minimum Gasteiger partial charge on any atom is -0.361 e. The maximum Gasteiger partial charge on any atom is 0.247 e. The van der Waals surface area contributed by atoms with Crippen LogP contribution >= 0.6 is 0 Å². The largest absolute Gasteiger partial charge is 0.361 e. The molecule has 0 N–H and O–H groups in total. The first-order chi connectivity index (χ1) is 13.6. The van der Waals surface area contributed by atoms with Gasteiger partial charge in [-0.2, -0.15) is 0 Å². The van der Waals surface area contributed by atoms with Crippen molar-refractivity contribution in [2.45, 2.75) is 32.7 Å². The minimum atomic E-state index is -0.0462. The van der Waals surface area contributed by atoms with Gasteiger partial charge in [0.2, 0.25) is 5.91 Å². The molecule has 2 aromatic heterocycles. The maximum absolute atomic E-state index is 12.8. The Morgan fingerprint density at radius 3 is 2.79 bits per heavy atom. The normalized spacial score (nSPS) is 16.8. The molecule has 4 rings (SSSR count). The number of aromatic nitrogens is 3. The molecule has 6 heteroatoms. The van der Waals surface area contributed by atoms with Crippen LogP contribution in [-0.2, 0) is 4.79 Å². The molecular weight excluding hydrogens is 352 g/mol. The van der Waals surface area contributed by atoms with Gasteiger partial charge >= 0.3 is 0 Å². The van der Waals surface area contributed by atoms with Crippen LogP contribution in [0.25, 0.3) is 17.5 Å². The van der Waals surface area contributed by atoms with Crippen LogP contribution < -0.4 is 0 Å².